The van der Waals surface area contributed by atoms with Crippen molar-refractivity contribution in [3.05, 3.63) is 71.3 Å². The quantitative estimate of drug-likeness (QED) is 0.632. The van der Waals surface area contributed by atoms with Gasteiger partial charge in [-0.1, -0.05) is 107 Å². The smallest absolute Gasteiger partial charge is 0.0681 e. The van der Waals surface area contributed by atoms with Crippen LogP contribution in [-0.2, 0) is 6.61 Å². The van der Waals surface area contributed by atoms with Crippen LogP contribution in [0.15, 0.2) is 54.6 Å². The van der Waals surface area contributed by atoms with Gasteiger partial charge in [0.15, 0.2) is 0 Å². The Bertz CT molecular complexity index is 390. The highest BCUT2D eigenvalue weighted by Gasteiger charge is 1.85. The minimum atomic E-state index is 0.139. The standard InChI is InChI=1S/C8H10O.C7H8.3C2H6/c1-7-2-4-8(6-9)5-3-7;1-7-5-3-2-4-6-7;3*1-2/h2-5,9H,6H2,1H3;2-6H,1H3;3*1-2H3. The van der Waals surface area contributed by atoms with E-state index in [9.17, 15) is 0 Å². The molecule has 0 aliphatic carbocycles. The van der Waals surface area contributed by atoms with Crippen LogP contribution in [0.4, 0.5) is 0 Å². The molecular weight excluding hydrogens is 268 g/mol. The highest BCUT2D eigenvalue weighted by Crippen LogP contribution is 2.01. The van der Waals surface area contributed by atoms with Crippen LogP contribution < -0.4 is 0 Å². The number of aliphatic hydroxyl groups is 1. The molecule has 2 aromatic rings. The molecule has 0 aromatic heterocycles. The van der Waals surface area contributed by atoms with Gasteiger partial charge in [0.2, 0.25) is 0 Å². The van der Waals surface area contributed by atoms with Crippen LogP contribution in [0.25, 0.3) is 0 Å². The largest absolute Gasteiger partial charge is 0.392 e. The Morgan fingerprint density at radius 2 is 0.955 bits per heavy atom. The molecule has 0 saturated carbocycles. The SMILES string of the molecule is CC.CC.CC.Cc1ccc(CO)cc1.Cc1ccccc1. The van der Waals surface area contributed by atoms with Crippen LogP contribution in [0.3, 0.4) is 0 Å². The molecule has 0 spiro atoms. The number of hydrogen-bond acceptors (Lipinski definition) is 1. The molecule has 0 fully saturated rings. The van der Waals surface area contributed by atoms with Crippen molar-refractivity contribution in [2.75, 3.05) is 0 Å². The lowest BCUT2D eigenvalue weighted by molar-refractivity contribution is 0.282. The van der Waals surface area contributed by atoms with Crippen molar-refractivity contribution < 1.29 is 5.11 Å². The number of aryl methyl sites for hydroxylation is 2. The Labute approximate surface area is 139 Å². The van der Waals surface area contributed by atoms with E-state index < -0.39 is 0 Å². The number of benzene rings is 2. The van der Waals surface area contributed by atoms with Crippen molar-refractivity contribution >= 4 is 0 Å². The number of rotatable bonds is 1. The van der Waals surface area contributed by atoms with Gasteiger partial charge in [0.05, 0.1) is 6.61 Å². The molecule has 0 aliphatic heterocycles. The van der Waals surface area contributed by atoms with Gasteiger partial charge in [-0.15, -0.1) is 0 Å². The van der Waals surface area contributed by atoms with Gasteiger partial charge in [-0.25, -0.2) is 0 Å². The third-order valence-corrected chi connectivity index (χ3v) is 2.24. The highest BCUT2D eigenvalue weighted by atomic mass is 16.3. The average molecular weight is 305 g/mol. The fourth-order valence-corrected chi connectivity index (χ4v) is 1.23. The summed E-state index contributed by atoms with van der Waals surface area (Å²) in [4.78, 5) is 0. The molecular formula is C21H36O. The first kappa shape index (κ1) is 25.4. The summed E-state index contributed by atoms with van der Waals surface area (Å²) < 4.78 is 0. The average Bonchev–Trinajstić information content (AvgIpc) is 2.62. The first-order valence-corrected chi connectivity index (χ1v) is 8.40. The topological polar surface area (TPSA) is 20.2 Å². The molecule has 0 heterocycles. The Morgan fingerprint density at radius 3 is 1.23 bits per heavy atom. The van der Waals surface area contributed by atoms with E-state index in [-0.39, 0.29) is 6.61 Å². The minimum absolute atomic E-state index is 0.139. The van der Waals surface area contributed by atoms with Gasteiger partial charge in [-0.2, -0.15) is 0 Å². The molecule has 22 heavy (non-hydrogen) atoms. The van der Waals surface area contributed by atoms with Crippen LogP contribution in [0.1, 0.15) is 58.2 Å². The normalized spacial score (nSPS) is 7.50. The molecule has 0 atom stereocenters. The van der Waals surface area contributed by atoms with Gasteiger partial charge in [0.1, 0.15) is 0 Å². The molecule has 126 valence electrons. The summed E-state index contributed by atoms with van der Waals surface area (Å²) >= 11 is 0. The lowest BCUT2D eigenvalue weighted by Gasteiger charge is -1.93. The van der Waals surface area contributed by atoms with Gasteiger partial charge in [-0.3, -0.25) is 0 Å². The summed E-state index contributed by atoms with van der Waals surface area (Å²) in [6.07, 6.45) is 0. The second-order valence-corrected chi connectivity index (χ2v) is 3.80. The molecule has 0 unspecified atom stereocenters. The summed E-state index contributed by atoms with van der Waals surface area (Å²) in [6.45, 7) is 16.3. The summed E-state index contributed by atoms with van der Waals surface area (Å²) in [5.41, 5.74) is 3.52. The van der Waals surface area contributed by atoms with Gasteiger partial charge in [0, 0.05) is 0 Å². The summed E-state index contributed by atoms with van der Waals surface area (Å²) in [5.74, 6) is 0. The first-order chi connectivity index (χ1) is 10.7. The molecule has 2 rings (SSSR count). The zero-order valence-electron chi connectivity index (χ0n) is 15.9. The van der Waals surface area contributed by atoms with Crippen molar-refractivity contribution in [2.45, 2.75) is 62.0 Å². The van der Waals surface area contributed by atoms with Crippen LogP contribution >= 0.6 is 0 Å². The minimum Gasteiger partial charge on any atom is -0.392 e. The molecule has 0 saturated heterocycles. The summed E-state index contributed by atoms with van der Waals surface area (Å²) in [6, 6.07) is 18.1. The zero-order chi connectivity index (χ0) is 17.8. The van der Waals surface area contributed by atoms with Crippen molar-refractivity contribution in [1.29, 1.82) is 0 Å². The van der Waals surface area contributed by atoms with Gasteiger partial charge in [-0.05, 0) is 19.4 Å². The monoisotopic (exact) mass is 304 g/mol. The van der Waals surface area contributed by atoms with Crippen molar-refractivity contribution in [3.8, 4) is 0 Å². The van der Waals surface area contributed by atoms with Crippen LogP contribution in [0.2, 0.25) is 0 Å². The molecule has 0 amide bonds. The van der Waals surface area contributed by atoms with E-state index in [2.05, 4.69) is 19.1 Å². The Kier molecular flexibility index (Phi) is 25.0. The predicted molar refractivity (Wildman–Crippen MR) is 102 cm³/mol. The summed E-state index contributed by atoms with van der Waals surface area (Å²) in [7, 11) is 0. The maximum atomic E-state index is 8.63. The van der Waals surface area contributed by atoms with E-state index in [1.807, 2.05) is 90.9 Å². The van der Waals surface area contributed by atoms with E-state index in [4.69, 9.17) is 5.11 Å². The van der Waals surface area contributed by atoms with E-state index >= 15 is 0 Å². The molecule has 1 heteroatoms. The lowest BCUT2D eigenvalue weighted by atomic mass is 10.2. The molecule has 0 bridgehead atoms. The van der Waals surface area contributed by atoms with Crippen molar-refractivity contribution in [2.24, 2.45) is 0 Å². The van der Waals surface area contributed by atoms with Crippen molar-refractivity contribution in [1.82, 2.24) is 0 Å². The van der Waals surface area contributed by atoms with Crippen LogP contribution in [0.5, 0.6) is 0 Å². The Balaban J connectivity index is -0.000000249. The predicted octanol–water partition coefficient (Wildman–Crippen LogP) is 6.56. The Morgan fingerprint density at radius 1 is 0.591 bits per heavy atom. The Hall–Kier alpha value is -1.60. The van der Waals surface area contributed by atoms with Gasteiger partial charge < -0.3 is 5.11 Å². The van der Waals surface area contributed by atoms with Gasteiger partial charge >= 0.3 is 0 Å². The molecule has 1 N–H and O–H groups in total. The zero-order valence-corrected chi connectivity index (χ0v) is 15.9. The second kappa shape index (κ2) is 21.7. The third kappa shape index (κ3) is 16.5. The fourth-order valence-electron chi connectivity index (χ4n) is 1.23. The van der Waals surface area contributed by atoms with Crippen LogP contribution in [-0.4, -0.2) is 5.11 Å². The van der Waals surface area contributed by atoms with Crippen LogP contribution in [0, 0.1) is 13.8 Å². The maximum absolute atomic E-state index is 8.63. The maximum Gasteiger partial charge on any atom is 0.0681 e. The second-order valence-electron chi connectivity index (χ2n) is 3.80. The van der Waals surface area contributed by atoms with E-state index in [1.54, 1.807) is 0 Å². The third-order valence-electron chi connectivity index (χ3n) is 2.24. The molecule has 0 aliphatic rings. The van der Waals surface area contributed by atoms with E-state index in [0.717, 1.165) is 5.56 Å². The molecule has 1 nitrogen and oxygen atoms in total. The molecule has 0 radical (unpaired) electrons. The lowest BCUT2D eigenvalue weighted by Crippen LogP contribution is -1.80. The van der Waals surface area contributed by atoms with Crippen molar-refractivity contribution in [3.63, 3.8) is 0 Å². The van der Waals surface area contributed by atoms with Gasteiger partial charge in [0.25, 0.3) is 0 Å². The fraction of sp³-hybridized carbons (Fsp3) is 0.429. The molecule has 2 aromatic carbocycles. The number of aliphatic hydroxyl groups excluding tert-OH is 1. The van der Waals surface area contributed by atoms with E-state index in [1.165, 1.54) is 11.1 Å². The summed E-state index contributed by atoms with van der Waals surface area (Å²) in [5, 5.41) is 8.63. The highest BCUT2D eigenvalue weighted by molar-refractivity contribution is 5.20. The number of hydrogen-bond donors (Lipinski definition) is 1. The van der Waals surface area contributed by atoms with E-state index in [0.29, 0.717) is 0 Å². The first-order valence-electron chi connectivity index (χ1n) is 8.40.